The lowest BCUT2D eigenvalue weighted by molar-refractivity contribution is -0.139. The summed E-state index contributed by atoms with van der Waals surface area (Å²) >= 11 is 6.18. The van der Waals surface area contributed by atoms with Crippen LogP contribution in [0.3, 0.4) is 0 Å². The van der Waals surface area contributed by atoms with Crippen molar-refractivity contribution in [3.05, 3.63) is 89.4 Å². The fourth-order valence-electron chi connectivity index (χ4n) is 4.07. The number of carbonyl (C=O) groups excluding carboxylic acids is 2. The van der Waals surface area contributed by atoms with Gasteiger partial charge in [-0.3, -0.25) is 13.9 Å². The number of nitrogens with one attached hydrogen (secondary N) is 1. The molecule has 0 aliphatic carbocycles. The number of carbonyl (C=O) groups is 2. The number of benzene rings is 3. The largest absolute Gasteiger partial charge is 0.494 e. The lowest BCUT2D eigenvalue weighted by Gasteiger charge is -2.32. The number of anilines is 1. The van der Waals surface area contributed by atoms with Gasteiger partial charge in [-0.05, 0) is 74.4 Å². The van der Waals surface area contributed by atoms with E-state index in [-0.39, 0.29) is 17.3 Å². The van der Waals surface area contributed by atoms with Gasteiger partial charge in [0.2, 0.25) is 11.8 Å². The summed E-state index contributed by atoms with van der Waals surface area (Å²) in [7, 11) is -4.13. The highest BCUT2D eigenvalue weighted by Gasteiger charge is 2.32. The van der Waals surface area contributed by atoms with Crippen LogP contribution in [0.25, 0.3) is 0 Å². The van der Waals surface area contributed by atoms with Crippen LogP contribution in [0.1, 0.15) is 39.2 Å². The molecule has 8 nitrogen and oxygen atoms in total. The molecule has 0 fully saturated rings. The molecule has 3 aromatic carbocycles. The molecular weight excluding hydrogens is 550 g/mol. The second-order valence-corrected chi connectivity index (χ2v) is 11.5. The van der Waals surface area contributed by atoms with Crippen LogP contribution in [0.2, 0.25) is 5.02 Å². The molecule has 0 saturated carbocycles. The van der Waals surface area contributed by atoms with Crippen LogP contribution in [-0.2, 0) is 26.2 Å². The second-order valence-electron chi connectivity index (χ2n) is 9.22. The molecule has 10 heteroatoms. The van der Waals surface area contributed by atoms with E-state index in [0.717, 1.165) is 17.1 Å². The van der Waals surface area contributed by atoms with E-state index in [2.05, 4.69) is 5.32 Å². The molecule has 214 valence electrons. The Labute approximate surface area is 241 Å². The van der Waals surface area contributed by atoms with Crippen molar-refractivity contribution in [3.63, 3.8) is 0 Å². The van der Waals surface area contributed by atoms with Gasteiger partial charge in [-0.1, -0.05) is 55.3 Å². The minimum absolute atomic E-state index is 0.0448. The van der Waals surface area contributed by atoms with Crippen molar-refractivity contribution < 1.29 is 22.7 Å². The highest BCUT2D eigenvalue weighted by atomic mass is 35.5. The maximum absolute atomic E-state index is 13.9. The van der Waals surface area contributed by atoms with E-state index in [9.17, 15) is 18.0 Å². The fourth-order valence-corrected chi connectivity index (χ4v) is 5.72. The highest BCUT2D eigenvalue weighted by Crippen LogP contribution is 2.26. The van der Waals surface area contributed by atoms with E-state index in [0.29, 0.717) is 35.2 Å². The van der Waals surface area contributed by atoms with Crippen molar-refractivity contribution in [1.82, 2.24) is 10.2 Å². The number of sulfonamides is 1. The van der Waals surface area contributed by atoms with E-state index in [1.165, 1.54) is 17.0 Å². The molecule has 0 unspecified atom stereocenters. The zero-order chi connectivity index (χ0) is 29.1. The number of nitrogens with zero attached hydrogens (tertiary/aromatic N) is 2. The molecule has 0 radical (unpaired) electrons. The highest BCUT2D eigenvalue weighted by molar-refractivity contribution is 7.92. The average Bonchev–Trinajstić information content (AvgIpc) is 2.95. The number of unbranched alkanes of at least 4 members (excludes halogenated alkanes) is 1. The molecule has 1 atom stereocenters. The van der Waals surface area contributed by atoms with Crippen molar-refractivity contribution in [2.24, 2.45) is 0 Å². The van der Waals surface area contributed by atoms with Crippen molar-refractivity contribution in [2.75, 3.05) is 24.0 Å². The van der Waals surface area contributed by atoms with Gasteiger partial charge in [0.05, 0.1) is 17.2 Å². The number of ether oxygens (including phenoxy) is 1. The van der Waals surface area contributed by atoms with Crippen molar-refractivity contribution >= 4 is 39.1 Å². The summed E-state index contributed by atoms with van der Waals surface area (Å²) < 4.78 is 34.2. The van der Waals surface area contributed by atoms with Gasteiger partial charge in [0.15, 0.2) is 0 Å². The predicted octanol–water partition coefficient (Wildman–Crippen LogP) is 5.27. The van der Waals surface area contributed by atoms with Gasteiger partial charge >= 0.3 is 0 Å². The Kier molecular flexibility index (Phi) is 11.4. The Morgan fingerprint density at radius 2 is 1.68 bits per heavy atom. The number of halogens is 1. The van der Waals surface area contributed by atoms with E-state index >= 15 is 0 Å². The quantitative estimate of drug-likeness (QED) is 0.260. The number of hydrogen-bond donors (Lipinski definition) is 1. The minimum atomic E-state index is -4.13. The first-order valence-electron chi connectivity index (χ1n) is 13.3. The first kappa shape index (κ1) is 31.0. The van der Waals surface area contributed by atoms with Crippen molar-refractivity contribution in [3.8, 4) is 5.75 Å². The summed E-state index contributed by atoms with van der Waals surface area (Å²) in [5, 5.41) is 3.36. The molecule has 0 aliphatic rings. The van der Waals surface area contributed by atoms with Crippen LogP contribution in [0, 0.1) is 0 Å². The monoisotopic (exact) mass is 585 g/mol. The zero-order valence-corrected chi connectivity index (χ0v) is 24.6. The molecule has 0 saturated heterocycles. The summed E-state index contributed by atoms with van der Waals surface area (Å²) in [5.41, 5.74) is 1.01. The Hall–Kier alpha value is -3.56. The summed E-state index contributed by atoms with van der Waals surface area (Å²) in [6.07, 6.45) is 1.72. The van der Waals surface area contributed by atoms with Gasteiger partial charge in [0.25, 0.3) is 10.0 Å². The summed E-state index contributed by atoms with van der Waals surface area (Å²) in [4.78, 5) is 28.4. The van der Waals surface area contributed by atoms with Gasteiger partial charge in [0, 0.05) is 18.1 Å². The summed E-state index contributed by atoms with van der Waals surface area (Å²) in [5.74, 6) is -0.275. The van der Waals surface area contributed by atoms with Gasteiger partial charge < -0.3 is 15.0 Å². The van der Waals surface area contributed by atoms with E-state index in [4.69, 9.17) is 16.3 Å². The molecule has 0 bridgehead atoms. The Morgan fingerprint density at radius 3 is 2.30 bits per heavy atom. The average molecular weight is 586 g/mol. The Balaban J connectivity index is 1.99. The van der Waals surface area contributed by atoms with E-state index in [1.54, 1.807) is 73.7 Å². The van der Waals surface area contributed by atoms with Gasteiger partial charge in [0.1, 0.15) is 18.3 Å². The normalized spacial score (nSPS) is 11.9. The van der Waals surface area contributed by atoms with Crippen molar-refractivity contribution in [2.45, 2.75) is 51.1 Å². The molecule has 3 aromatic rings. The third-order valence-corrected chi connectivity index (χ3v) is 8.31. The van der Waals surface area contributed by atoms with Crippen molar-refractivity contribution in [1.29, 1.82) is 0 Å². The lowest BCUT2D eigenvalue weighted by Crippen LogP contribution is -2.51. The van der Waals surface area contributed by atoms with E-state index in [1.807, 2.05) is 13.8 Å². The zero-order valence-electron chi connectivity index (χ0n) is 23.0. The van der Waals surface area contributed by atoms with Crippen LogP contribution < -0.4 is 14.4 Å². The van der Waals surface area contributed by atoms with Crippen LogP contribution in [-0.4, -0.2) is 50.9 Å². The smallest absolute Gasteiger partial charge is 0.264 e. The Bertz CT molecular complexity index is 1370. The van der Waals surface area contributed by atoms with Gasteiger partial charge in [-0.2, -0.15) is 0 Å². The summed E-state index contributed by atoms with van der Waals surface area (Å²) in [6, 6.07) is 20.6. The Morgan fingerprint density at radius 1 is 0.975 bits per heavy atom. The molecule has 0 heterocycles. The van der Waals surface area contributed by atoms with Crippen LogP contribution in [0.4, 0.5) is 5.69 Å². The molecule has 0 spiro atoms. The SMILES string of the molecule is CCCCNC(=O)[C@H](C)N(Cc1cccc(Cl)c1)C(=O)CN(c1ccc(OCC)cc1)S(=O)(=O)c1ccccc1. The number of hydrogen-bond acceptors (Lipinski definition) is 5. The topological polar surface area (TPSA) is 96.0 Å². The molecule has 1 N–H and O–H groups in total. The first-order chi connectivity index (χ1) is 19.2. The number of rotatable bonds is 14. The number of amides is 2. The van der Waals surface area contributed by atoms with Crippen LogP contribution in [0.5, 0.6) is 5.75 Å². The van der Waals surface area contributed by atoms with Crippen LogP contribution in [0.15, 0.2) is 83.8 Å². The first-order valence-corrected chi connectivity index (χ1v) is 15.1. The molecule has 40 heavy (non-hydrogen) atoms. The van der Waals surface area contributed by atoms with Gasteiger partial charge in [-0.25, -0.2) is 8.42 Å². The standard InChI is InChI=1S/C30H36ClN3O5S/c1-4-6-19-32-30(36)23(3)33(21-24-11-10-12-25(31)20-24)29(35)22-34(26-15-17-27(18-16-26)39-5-2)40(37,38)28-13-8-7-9-14-28/h7-18,20,23H,4-6,19,21-22H2,1-3H3,(H,32,36)/t23-/m0/s1. The minimum Gasteiger partial charge on any atom is -0.494 e. The van der Waals surface area contributed by atoms with Crippen LogP contribution >= 0.6 is 11.6 Å². The fraction of sp³-hybridized carbons (Fsp3) is 0.333. The predicted molar refractivity (Wildman–Crippen MR) is 158 cm³/mol. The van der Waals surface area contributed by atoms with E-state index < -0.39 is 28.5 Å². The third-order valence-electron chi connectivity index (χ3n) is 6.28. The maximum atomic E-state index is 13.9. The molecule has 0 aromatic heterocycles. The maximum Gasteiger partial charge on any atom is 0.264 e. The molecule has 0 aliphatic heterocycles. The summed E-state index contributed by atoms with van der Waals surface area (Å²) in [6.45, 7) is 6.01. The third kappa shape index (κ3) is 8.22. The second kappa shape index (κ2) is 14.7. The molecular formula is C30H36ClN3O5S. The molecule has 3 rings (SSSR count). The molecule has 2 amide bonds. The lowest BCUT2D eigenvalue weighted by atomic mass is 10.1. The van der Waals surface area contributed by atoms with Gasteiger partial charge in [-0.15, -0.1) is 0 Å².